The first-order valence-corrected chi connectivity index (χ1v) is 7.92. The van der Waals surface area contributed by atoms with Gasteiger partial charge in [-0.1, -0.05) is 54.6 Å². The van der Waals surface area contributed by atoms with Crippen LogP contribution in [-0.2, 0) is 0 Å². The van der Waals surface area contributed by atoms with Gasteiger partial charge in [0.05, 0.1) is 0 Å². The zero-order valence-electron chi connectivity index (χ0n) is 13.9. The molecule has 1 heterocycles. The highest BCUT2D eigenvalue weighted by molar-refractivity contribution is 5.84. The molecule has 24 heavy (non-hydrogen) atoms. The molecule has 0 fully saturated rings. The Bertz CT molecular complexity index is 754. The van der Waals surface area contributed by atoms with Crippen molar-refractivity contribution in [3.8, 4) is 0 Å². The highest BCUT2D eigenvalue weighted by Gasteiger charge is 2.50. The van der Waals surface area contributed by atoms with Crippen LogP contribution >= 0.6 is 0 Å². The predicted octanol–water partition coefficient (Wildman–Crippen LogP) is 5.90. The maximum absolute atomic E-state index is 14.0. The van der Waals surface area contributed by atoms with E-state index in [1.165, 1.54) is 4.90 Å². The van der Waals surface area contributed by atoms with E-state index >= 15 is 0 Å². The van der Waals surface area contributed by atoms with Crippen LogP contribution < -0.4 is 0 Å². The number of fused-ring (bicyclic) bond motifs is 1. The van der Waals surface area contributed by atoms with Crippen molar-refractivity contribution in [3.63, 3.8) is 0 Å². The minimum absolute atomic E-state index is 0.305. The first-order chi connectivity index (χ1) is 11.2. The van der Waals surface area contributed by atoms with Gasteiger partial charge in [-0.25, -0.2) is 0 Å². The summed E-state index contributed by atoms with van der Waals surface area (Å²) in [5.41, 5.74) is 1.63. The summed E-state index contributed by atoms with van der Waals surface area (Å²) < 4.78 is 42.1. The van der Waals surface area contributed by atoms with Crippen molar-refractivity contribution in [1.29, 1.82) is 0 Å². The normalized spacial score (nSPS) is 18.2. The highest BCUT2D eigenvalue weighted by atomic mass is 19.4. The molecule has 2 aromatic carbocycles. The molecule has 0 N–H and O–H groups in total. The third kappa shape index (κ3) is 2.93. The van der Waals surface area contributed by atoms with E-state index in [2.05, 4.69) is 0 Å². The molecule has 0 aliphatic carbocycles. The van der Waals surface area contributed by atoms with E-state index in [9.17, 15) is 13.2 Å². The van der Waals surface area contributed by atoms with Crippen LogP contribution in [0.25, 0.3) is 11.8 Å². The van der Waals surface area contributed by atoms with Crippen molar-refractivity contribution in [2.75, 3.05) is 0 Å². The second-order valence-electron chi connectivity index (χ2n) is 7.01. The molecule has 0 saturated heterocycles. The van der Waals surface area contributed by atoms with Gasteiger partial charge < -0.3 is 4.90 Å². The molecule has 1 unspecified atom stereocenters. The summed E-state index contributed by atoms with van der Waals surface area (Å²) in [7, 11) is 0. The molecule has 0 amide bonds. The average Bonchev–Trinajstić information content (AvgIpc) is 2.52. The quantitative estimate of drug-likeness (QED) is 0.628. The van der Waals surface area contributed by atoms with Gasteiger partial charge in [-0.3, -0.25) is 0 Å². The number of hydrogen-bond acceptors (Lipinski definition) is 1. The monoisotopic (exact) mass is 331 g/mol. The fraction of sp³-hybridized carbons (Fsp3) is 0.300. The van der Waals surface area contributed by atoms with Crippen LogP contribution in [0.4, 0.5) is 13.2 Å². The molecular formula is C20H20F3N. The third-order valence-electron chi connectivity index (χ3n) is 4.20. The van der Waals surface area contributed by atoms with Gasteiger partial charge in [0.15, 0.2) is 6.04 Å². The Morgan fingerprint density at radius 3 is 2.00 bits per heavy atom. The second kappa shape index (κ2) is 5.69. The summed E-state index contributed by atoms with van der Waals surface area (Å²) in [6.07, 6.45) is -2.50. The lowest BCUT2D eigenvalue weighted by atomic mass is 9.87. The SMILES string of the molecule is CC(C)(C)N1C(c2ccccc2)=Cc2ccccc2C1C(F)(F)F. The van der Waals surface area contributed by atoms with Gasteiger partial charge in [0.2, 0.25) is 0 Å². The molecule has 3 rings (SSSR count). The Balaban J connectivity index is 2.29. The number of benzene rings is 2. The van der Waals surface area contributed by atoms with Gasteiger partial charge in [-0.15, -0.1) is 0 Å². The van der Waals surface area contributed by atoms with Crippen LogP contribution in [0.1, 0.15) is 43.5 Å². The van der Waals surface area contributed by atoms with Crippen molar-refractivity contribution in [1.82, 2.24) is 4.90 Å². The van der Waals surface area contributed by atoms with Crippen LogP contribution in [-0.4, -0.2) is 16.6 Å². The van der Waals surface area contributed by atoms with Crippen LogP contribution in [0.3, 0.4) is 0 Å². The van der Waals surface area contributed by atoms with Gasteiger partial charge in [0.1, 0.15) is 0 Å². The van der Waals surface area contributed by atoms with E-state index in [4.69, 9.17) is 0 Å². The molecular weight excluding hydrogens is 311 g/mol. The second-order valence-corrected chi connectivity index (χ2v) is 7.01. The van der Waals surface area contributed by atoms with Gasteiger partial charge in [0.25, 0.3) is 0 Å². The Kier molecular flexibility index (Phi) is 3.94. The molecule has 1 nitrogen and oxygen atoms in total. The van der Waals surface area contributed by atoms with Gasteiger partial charge in [-0.05, 0) is 43.5 Å². The maximum Gasteiger partial charge on any atom is 0.413 e. The van der Waals surface area contributed by atoms with E-state index in [0.717, 1.165) is 5.56 Å². The number of halogens is 3. The largest absolute Gasteiger partial charge is 0.413 e. The fourth-order valence-electron chi connectivity index (χ4n) is 3.29. The summed E-state index contributed by atoms with van der Waals surface area (Å²) >= 11 is 0. The zero-order chi connectivity index (χ0) is 17.5. The molecule has 1 aliphatic heterocycles. The highest BCUT2D eigenvalue weighted by Crippen LogP contribution is 2.49. The molecule has 0 radical (unpaired) electrons. The molecule has 1 aliphatic rings. The molecule has 126 valence electrons. The Morgan fingerprint density at radius 1 is 0.833 bits per heavy atom. The summed E-state index contributed by atoms with van der Waals surface area (Å²) in [4.78, 5) is 1.49. The van der Waals surface area contributed by atoms with Crippen molar-refractivity contribution in [3.05, 3.63) is 71.3 Å². The smallest absolute Gasteiger partial charge is 0.351 e. The molecule has 0 spiro atoms. The first kappa shape index (κ1) is 16.6. The average molecular weight is 331 g/mol. The molecule has 1 atom stereocenters. The summed E-state index contributed by atoms with van der Waals surface area (Å²) in [6.45, 7) is 5.45. The lowest BCUT2D eigenvalue weighted by molar-refractivity contribution is -0.187. The van der Waals surface area contributed by atoms with Gasteiger partial charge in [0, 0.05) is 11.2 Å². The minimum atomic E-state index is -4.36. The molecule has 0 bridgehead atoms. The number of nitrogens with zero attached hydrogens (tertiary/aromatic N) is 1. The summed E-state index contributed by atoms with van der Waals surface area (Å²) in [5, 5.41) is 0. The van der Waals surface area contributed by atoms with Crippen molar-refractivity contribution in [2.24, 2.45) is 0 Å². The number of rotatable bonds is 1. The lowest BCUT2D eigenvalue weighted by Crippen LogP contribution is -2.49. The molecule has 4 heteroatoms. The van der Waals surface area contributed by atoms with Crippen molar-refractivity contribution in [2.45, 2.75) is 38.5 Å². The first-order valence-electron chi connectivity index (χ1n) is 7.92. The van der Waals surface area contributed by atoms with Gasteiger partial charge in [-0.2, -0.15) is 13.2 Å². The maximum atomic E-state index is 14.0. The Morgan fingerprint density at radius 2 is 1.42 bits per heavy atom. The van der Waals surface area contributed by atoms with E-state index in [0.29, 0.717) is 16.8 Å². The molecule has 0 saturated carbocycles. The number of hydrogen-bond donors (Lipinski definition) is 0. The van der Waals surface area contributed by atoms with Crippen LogP contribution in [0.15, 0.2) is 54.6 Å². The minimum Gasteiger partial charge on any atom is -0.351 e. The third-order valence-corrected chi connectivity index (χ3v) is 4.20. The van der Waals surface area contributed by atoms with E-state index in [1.54, 1.807) is 24.3 Å². The Labute approximate surface area is 140 Å². The van der Waals surface area contributed by atoms with Crippen LogP contribution in [0.5, 0.6) is 0 Å². The zero-order valence-corrected chi connectivity index (χ0v) is 13.9. The van der Waals surface area contributed by atoms with Crippen LogP contribution in [0.2, 0.25) is 0 Å². The van der Waals surface area contributed by atoms with Gasteiger partial charge >= 0.3 is 6.18 Å². The fourth-order valence-corrected chi connectivity index (χ4v) is 3.29. The lowest BCUT2D eigenvalue weighted by Gasteiger charge is -2.48. The summed E-state index contributed by atoms with van der Waals surface area (Å²) in [5.74, 6) is 0. The standard InChI is InChI=1S/C20H20F3N/c1-19(2,3)24-17(14-9-5-4-6-10-14)13-15-11-7-8-12-16(15)18(24)20(21,22)23/h4-13,18H,1-3H3. The topological polar surface area (TPSA) is 3.24 Å². The molecule has 2 aromatic rings. The predicted molar refractivity (Wildman–Crippen MR) is 91.1 cm³/mol. The van der Waals surface area contributed by atoms with Crippen LogP contribution in [0, 0.1) is 0 Å². The number of alkyl halides is 3. The molecule has 0 aromatic heterocycles. The summed E-state index contributed by atoms with van der Waals surface area (Å²) in [6, 6.07) is 14.4. The van der Waals surface area contributed by atoms with Crippen molar-refractivity contribution >= 4 is 11.8 Å². The van der Waals surface area contributed by atoms with Crippen molar-refractivity contribution < 1.29 is 13.2 Å². The van der Waals surface area contributed by atoms with E-state index in [1.807, 2.05) is 57.2 Å². The van der Waals surface area contributed by atoms with E-state index < -0.39 is 17.8 Å². The van der Waals surface area contributed by atoms with E-state index in [-0.39, 0.29) is 0 Å². The Hall–Kier alpha value is -2.23.